The van der Waals surface area contributed by atoms with E-state index in [1.807, 2.05) is 0 Å². The summed E-state index contributed by atoms with van der Waals surface area (Å²) in [6.07, 6.45) is -11.3. The number of amides is 2. The zero-order valence-corrected chi connectivity index (χ0v) is 18.0. The minimum Gasteiger partial charge on any atom is -0.421 e. The van der Waals surface area contributed by atoms with Crippen LogP contribution in [0, 0.1) is 10.1 Å². The van der Waals surface area contributed by atoms with E-state index >= 15 is 0 Å². The average molecular weight is 519 g/mol. The molecule has 0 bridgehead atoms. The van der Waals surface area contributed by atoms with Crippen molar-refractivity contribution in [3.8, 4) is 0 Å². The lowest BCUT2D eigenvalue weighted by atomic mass is 10.0. The molecule has 1 heterocycles. The van der Waals surface area contributed by atoms with E-state index in [4.69, 9.17) is 4.74 Å². The molecule has 0 aromatic heterocycles. The van der Waals surface area contributed by atoms with Crippen LogP contribution in [0.4, 0.5) is 48.2 Å². The van der Waals surface area contributed by atoms with Gasteiger partial charge in [0, 0.05) is 17.4 Å². The first kappa shape index (κ1) is 26.2. The predicted octanol–water partition coefficient (Wildman–Crippen LogP) is 4.78. The van der Waals surface area contributed by atoms with Gasteiger partial charge in [-0.05, 0) is 36.8 Å². The smallest absolute Gasteiger partial charge is 0.421 e. The Morgan fingerprint density at radius 3 is 2.22 bits per heavy atom. The number of hydrogen-bond donors (Lipinski definition) is 3. The number of anilines is 2. The minimum atomic E-state index is -5.05. The summed E-state index contributed by atoms with van der Waals surface area (Å²) in [6.45, 7) is 1.40. The number of nitro groups is 1. The van der Waals surface area contributed by atoms with Crippen molar-refractivity contribution in [3.63, 3.8) is 0 Å². The van der Waals surface area contributed by atoms with Crippen LogP contribution in [0.1, 0.15) is 24.5 Å². The molecule has 16 heteroatoms. The number of carbonyl (C=O) groups is 2. The van der Waals surface area contributed by atoms with Crippen LogP contribution in [0.3, 0.4) is 0 Å². The maximum absolute atomic E-state index is 13.1. The molecule has 2 aromatic rings. The highest BCUT2D eigenvalue weighted by Crippen LogP contribution is 2.37. The third-order valence-corrected chi connectivity index (χ3v) is 4.73. The maximum Gasteiger partial charge on any atom is 0.471 e. The van der Waals surface area contributed by atoms with E-state index in [0.717, 1.165) is 6.07 Å². The fourth-order valence-electron chi connectivity index (χ4n) is 3.11. The first-order valence-electron chi connectivity index (χ1n) is 9.75. The highest BCUT2D eigenvalue weighted by Gasteiger charge is 2.40. The third-order valence-electron chi connectivity index (χ3n) is 4.73. The lowest BCUT2D eigenvalue weighted by molar-refractivity contribution is -0.388. The Hall–Kier alpha value is -4.37. The summed E-state index contributed by atoms with van der Waals surface area (Å²) in [5, 5.41) is 18.6. The summed E-state index contributed by atoms with van der Waals surface area (Å²) >= 11 is 0. The number of hydrazone groups is 1. The Bertz CT molecular complexity index is 1230. The zero-order valence-electron chi connectivity index (χ0n) is 18.0. The van der Waals surface area contributed by atoms with Crippen molar-refractivity contribution in [1.29, 1.82) is 0 Å². The summed E-state index contributed by atoms with van der Waals surface area (Å²) in [7, 11) is 0. The van der Waals surface area contributed by atoms with Gasteiger partial charge in [0.15, 0.2) is 0 Å². The molecule has 1 unspecified atom stereocenters. The van der Waals surface area contributed by atoms with Crippen molar-refractivity contribution >= 4 is 34.8 Å². The predicted molar refractivity (Wildman–Crippen MR) is 112 cm³/mol. The number of ether oxygens (including phenoxy) is 1. The topological polar surface area (TPSA) is 135 Å². The number of rotatable bonds is 5. The van der Waals surface area contributed by atoms with Gasteiger partial charge in [0.05, 0.1) is 17.1 Å². The first-order chi connectivity index (χ1) is 16.6. The van der Waals surface area contributed by atoms with Crippen LogP contribution in [-0.2, 0) is 15.7 Å². The van der Waals surface area contributed by atoms with Gasteiger partial charge in [-0.15, -0.1) is 0 Å². The van der Waals surface area contributed by atoms with E-state index in [9.17, 15) is 46.0 Å². The number of carbonyl (C=O) groups excluding carboxylic acids is 2. The van der Waals surface area contributed by atoms with E-state index < -0.39 is 51.9 Å². The summed E-state index contributed by atoms with van der Waals surface area (Å²) < 4.78 is 81.6. The third kappa shape index (κ3) is 6.19. The van der Waals surface area contributed by atoms with E-state index in [-0.39, 0.29) is 12.1 Å². The normalized spacial score (nSPS) is 17.6. The molecule has 3 N–H and O–H groups in total. The summed E-state index contributed by atoms with van der Waals surface area (Å²) in [4.78, 5) is 32.9. The van der Waals surface area contributed by atoms with Crippen LogP contribution in [-0.4, -0.2) is 34.5 Å². The number of nitro benzene ring substituents is 1. The van der Waals surface area contributed by atoms with Crippen LogP contribution in [0.2, 0.25) is 0 Å². The van der Waals surface area contributed by atoms with Crippen molar-refractivity contribution in [3.05, 3.63) is 63.7 Å². The quantitative estimate of drug-likeness (QED) is 0.296. The second kappa shape index (κ2) is 9.35. The Morgan fingerprint density at radius 1 is 1.06 bits per heavy atom. The molecule has 0 radical (unpaired) electrons. The Kier molecular flexibility index (Phi) is 6.81. The van der Waals surface area contributed by atoms with Gasteiger partial charge >= 0.3 is 24.4 Å². The van der Waals surface area contributed by atoms with Crippen LogP contribution >= 0.6 is 0 Å². The lowest BCUT2D eigenvalue weighted by Crippen LogP contribution is -2.41. The van der Waals surface area contributed by atoms with Gasteiger partial charge in [-0.2, -0.15) is 31.4 Å². The van der Waals surface area contributed by atoms with Gasteiger partial charge in [0.2, 0.25) is 5.72 Å². The molecule has 0 aliphatic carbocycles. The molecule has 0 saturated carbocycles. The highest BCUT2D eigenvalue weighted by molar-refractivity contribution is 6.03. The van der Waals surface area contributed by atoms with E-state index in [1.165, 1.54) is 31.2 Å². The minimum absolute atomic E-state index is 0.0389. The monoisotopic (exact) mass is 519 g/mol. The molecule has 10 nitrogen and oxygen atoms in total. The number of nitrogens with one attached hydrogen (secondary N) is 3. The molecule has 0 saturated heterocycles. The number of benzene rings is 2. The SMILES string of the molecule is CC1(OC(=O)Nc2ccc([N+](=O)[O-])c(C(F)(F)F)c2)CC(c2ccc(NC(=O)C(F)(F)F)cc2)=NN1. The molecule has 1 aliphatic heterocycles. The molecular weight excluding hydrogens is 504 g/mol. The molecule has 0 fully saturated rings. The maximum atomic E-state index is 13.1. The second-order valence-electron chi connectivity index (χ2n) is 7.61. The molecule has 1 atom stereocenters. The Labute approximate surface area is 197 Å². The first-order valence-corrected chi connectivity index (χ1v) is 9.75. The number of nitrogens with zero attached hydrogens (tertiary/aromatic N) is 2. The molecule has 2 aromatic carbocycles. The molecule has 36 heavy (non-hydrogen) atoms. The second-order valence-corrected chi connectivity index (χ2v) is 7.61. The van der Waals surface area contributed by atoms with Gasteiger partial charge in [-0.3, -0.25) is 25.7 Å². The van der Waals surface area contributed by atoms with Crippen molar-refractivity contribution in [2.24, 2.45) is 5.10 Å². The van der Waals surface area contributed by atoms with Gasteiger partial charge in [0.1, 0.15) is 5.56 Å². The molecule has 192 valence electrons. The lowest BCUT2D eigenvalue weighted by Gasteiger charge is -2.24. The molecule has 2 amide bonds. The van der Waals surface area contributed by atoms with E-state index in [2.05, 4.69) is 15.8 Å². The average Bonchev–Trinajstić information content (AvgIpc) is 3.14. The standard InChI is InChI=1S/C20H15F6N5O5/c1-18(36-17(33)28-12-6-7-15(31(34)35)13(8-12)19(21,22)23)9-14(29-30-18)10-2-4-11(5-3-10)27-16(32)20(24,25)26/h2-8,30H,9H2,1H3,(H,27,32)(H,28,33). The summed E-state index contributed by atoms with van der Waals surface area (Å²) in [6, 6.07) is 7.04. The molecular formula is C20H15F6N5O5. The van der Waals surface area contributed by atoms with Gasteiger partial charge in [0.25, 0.3) is 5.69 Å². The number of halogens is 6. The largest absolute Gasteiger partial charge is 0.471 e. The highest BCUT2D eigenvalue weighted by atomic mass is 19.4. The summed E-state index contributed by atoms with van der Waals surface area (Å²) in [5.74, 6) is -2.14. The zero-order chi connectivity index (χ0) is 26.9. The van der Waals surface area contributed by atoms with E-state index in [1.54, 1.807) is 5.32 Å². The van der Waals surface area contributed by atoms with Gasteiger partial charge in [-0.1, -0.05) is 12.1 Å². The number of alkyl halides is 6. The molecule has 0 spiro atoms. The Morgan fingerprint density at radius 2 is 1.67 bits per heavy atom. The van der Waals surface area contributed by atoms with Gasteiger partial charge in [-0.25, -0.2) is 4.79 Å². The van der Waals surface area contributed by atoms with Crippen molar-refractivity contribution in [1.82, 2.24) is 5.43 Å². The van der Waals surface area contributed by atoms with E-state index in [0.29, 0.717) is 23.4 Å². The van der Waals surface area contributed by atoms with Crippen LogP contribution in [0.5, 0.6) is 0 Å². The van der Waals surface area contributed by atoms with Gasteiger partial charge < -0.3 is 10.1 Å². The molecule has 3 rings (SSSR count). The summed E-state index contributed by atoms with van der Waals surface area (Å²) in [5.41, 5.74) is -1.43. The fraction of sp³-hybridized carbons (Fsp3) is 0.250. The van der Waals surface area contributed by atoms with Crippen LogP contribution in [0.25, 0.3) is 0 Å². The Balaban J connectivity index is 1.63. The van der Waals surface area contributed by atoms with Crippen molar-refractivity contribution in [2.45, 2.75) is 31.4 Å². The number of hydrogen-bond acceptors (Lipinski definition) is 7. The molecule has 1 aliphatic rings. The van der Waals surface area contributed by atoms with Crippen molar-refractivity contribution in [2.75, 3.05) is 10.6 Å². The van der Waals surface area contributed by atoms with Crippen LogP contribution in [0.15, 0.2) is 47.6 Å². The van der Waals surface area contributed by atoms with Crippen molar-refractivity contribution < 1.29 is 45.6 Å². The fourth-order valence-corrected chi connectivity index (χ4v) is 3.11. The van der Waals surface area contributed by atoms with Crippen LogP contribution < -0.4 is 16.1 Å².